The zero-order valence-corrected chi connectivity index (χ0v) is 15.6. The lowest BCUT2D eigenvalue weighted by molar-refractivity contribution is -0.144. The van der Waals surface area contributed by atoms with Crippen LogP contribution in [0, 0.1) is 6.92 Å². The minimum atomic E-state index is -4.62. The summed E-state index contributed by atoms with van der Waals surface area (Å²) in [5.74, 6) is -0.889. The Morgan fingerprint density at radius 3 is 2.64 bits per heavy atom. The Labute approximate surface area is 162 Å². The lowest BCUT2D eigenvalue weighted by Gasteiger charge is -2.07. The van der Waals surface area contributed by atoms with Crippen molar-refractivity contribution in [3.8, 4) is 10.6 Å². The number of aryl methyl sites for hydroxylation is 1. The first-order valence-electron chi connectivity index (χ1n) is 8.45. The molecule has 144 valence electrons. The van der Waals surface area contributed by atoms with Crippen molar-refractivity contribution in [2.75, 3.05) is 11.9 Å². The molecule has 0 aliphatic rings. The summed E-state index contributed by atoms with van der Waals surface area (Å²) in [6, 6.07) is 11.5. The molecule has 3 heterocycles. The van der Waals surface area contributed by atoms with Crippen molar-refractivity contribution in [2.45, 2.75) is 19.5 Å². The summed E-state index contributed by atoms with van der Waals surface area (Å²) >= 11 is 1.56. The van der Waals surface area contributed by atoms with Crippen LogP contribution in [-0.4, -0.2) is 31.1 Å². The number of hydrogen-bond donors (Lipinski definition) is 1. The predicted molar refractivity (Wildman–Crippen MR) is 100 cm³/mol. The second-order valence-electron chi connectivity index (χ2n) is 6.11. The molecule has 0 radical (unpaired) electrons. The zero-order valence-electron chi connectivity index (χ0n) is 14.7. The number of thiazole rings is 1. The highest BCUT2D eigenvalue weighted by molar-refractivity contribution is 7.13. The number of anilines is 1. The third kappa shape index (κ3) is 3.81. The number of benzene rings is 1. The SMILES string of the molecule is Cc1cc(NCCc2csc(-c3ccccc3)n2)n2nc(C(F)(F)F)nc2n1. The maximum Gasteiger partial charge on any atom is 0.453 e. The standard InChI is InChI=1S/C18H15F3N6S/c1-11-9-14(27-17(23-11)25-16(26-27)18(19,20)21)22-8-7-13-10-28-15(24-13)12-5-3-2-4-6-12/h2-6,9-10,22H,7-8H2,1H3. The van der Waals surface area contributed by atoms with E-state index in [0.29, 0.717) is 24.5 Å². The lowest BCUT2D eigenvalue weighted by Crippen LogP contribution is -2.11. The summed E-state index contributed by atoms with van der Waals surface area (Å²) in [6.45, 7) is 2.18. The minimum Gasteiger partial charge on any atom is -0.369 e. The van der Waals surface area contributed by atoms with Gasteiger partial charge in [-0.05, 0) is 6.92 Å². The third-order valence-corrected chi connectivity index (χ3v) is 4.89. The molecule has 10 heteroatoms. The van der Waals surface area contributed by atoms with Crippen molar-refractivity contribution in [1.82, 2.24) is 24.6 Å². The molecule has 0 saturated carbocycles. The van der Waals surface area contributed by atoms with E-state index in [1.54, 1.807) is 24.3 Å². The van der Waals surface area contributed by atoms with Gasteiger partial charge < -0.3 is 5.32 Å². The van der Waals surface area contributed by atoms with Crippen molar-refractivity contribution in [1.29, 1.82) is 0 Å². The normalized spacial score (nSPS) is 11.9. The number of nitrogens with zero attached hydrogens (tertiary/aromatic N) is 5. The molecule has 0 unspecified atom stereocenters. The topological polar surface area (TPSA) is 68.0 Å². The maximum atomic E-state index is 12.9. The van der Waals surface area contributed by atoms with E-state index in [1.807, 2.05) is 35.7 Å². The van der Waals surface area contributed by atoms with Gasteiger partial charge in [0.05, 0.1) is 5.69 Å². The highest BCUT2D eigenvalue weighted by Gasteiger charge is 2.36. The van der Waals surface area contributed by atoms with Gasteiger partial charge >= 0.3 is 6.18 Å². The van der Waals surface area contributed by atoms with Gasteiger partial charge in [0.15, 0.2) is 0 Å². The minimum absolute atomic E-state index is 0.0881. The number of alkyl halides is 3. The number of hydrogen-bond acceptors (Lipinski definition) is 6. The van der Waals surface area contributed by atoms with Gasteiger partial charge in [-0.1, -0.05) is 30.3 Å². The molecule has 4 aromatic rings. The summed E-state index contributed by atoms with van der Waals surface area (Å²) in [6.07, 6.45) is -4.00. The fourth-order valence-electron chi connectivity index (χ4n) is 2.69. The molecule has 4 rings (SSSR count). The number of fused-ring (bicyclic) bond motifs is 1. The van der Waals surface area contributed by atoms with Gasteiger partial charge in [-0.2, -0.15) is 22.7 Å². The molecule has 1 aromatic carbocycles. The molecule has 0 saturated heterocycles. The number of aromatic nitrogens is 5. The molecule has 3 aromatic heterocycles. The first-order chi connectivity index (χ1) is 13.4. The van der Waals surface area contributed by atoms with Crippen LogP contribution in [0.2, 0.25) is 0 Å². The van der Waals surface area contributed by atoms with Crippen LogP contribution in [0.4, 0.5) is 19.0 Å². The molecule has 0 amide bonds. The third-order valence-electron chi connectivity index (χ3n) is 3.95. The van der Waals surface area contributed by atoms with Crippen LogP contribution in [-0.2, 0) is 12.6 Å². The zero-order chi connectivity index (χ0) is 19.7. The lowest BCUT2D eigenvalue weighted by atomic mass is 10.2. The summed E-state index contributed by atoms with van der Waals surface area (Å²) in [5, 5.41) is 9.56. The first kappa shape index (κ1) is 18.4. The van der Waals surface area contributed by atoms with E-state index >= 15 is 0 Å². The Kier molecular flexibility index (Phi) is 4.71. The summed E-state index contributed by atoms with van der Waals surface area (Å²) in [7, 11) is 0. The van der Waals surface area contributed by atoms with E-state index in [-0.39, 0.29) is 5.78 Å². The van der Waals surface area contributed by atoms with Crippen LogP contribution in [0.5, 0.6) is 0 Å². The quantitative estimate of drug-likeness (QED) is 0.539. The van der Waals surface area contributed by atoms with Gasteiger partial charge in [0, 0.05) is 35.7 Å². The van der Waals surface area contributed by atoms with Crippen molar-refractivity contribution in [3.63, 3.8) is 0 Å². The molecule has 1 N–H and O–H groups in total. The van der Waals surface area contributed by atoms with Crippen LogP contribution in [0.3, 0.4) is 0 Å². The molecule has 0 fully saturated rings. The van der Waals surface area contributed by atoms with Crippen molar-refractivity contribution < 1.29 is 13.2 Å². The van der Waals surface area contributed by atoms with Crippen LogP contribution < -0.4 is 5.32 Å². The van der Waals surface area contributed by atoms with Crippen LogP contribution >= 0.6 is 11.3 Å². The largest absolute Gasteiger partial charge is 0.453 e. The van der Waals surface area contributed by atoms with E-state index in [2.05, 4.69) is 25.4 Å². The Morgan fingerprint density at radius 1 is 1.11 bits per heavy atom. The average Bonchev–Trinajstić information content (AvgIpc) is 3.29. The maximum absolute atomic E-state index is 12.9. The molecule has 28 heavy (non-hydrogen) atoms. The van der Waals surface area contributed by atoms with E-state index in [4.69, 9.17) is 0 Å². The van der Waals surface area contributed by atoms with Gasteiger partial charge in [0.1, 0.15) is 10.8 Å². The molecular weight excluding hydrogens is 389 g/mol. The van der Waals surface area contributed by atoms with Gasteiger partial charge in [-0.25, -0.2) is 9.97 Å². The summed E-state index contributed by atoms with van der Waals surface area (Å²) in [5.41, 5.74) is 2.52. The first-order valence-corrected chi connectivity index (χ1v) is 9.33. The van der Waals surface area contributed by atoms with Crippen molar-refractivity contribution in [2.24, 2.45) is 0 Å². The number of rotatable bonds is 5. The van der Waals surface area contributed by atoms with Gasteiger partial charge in [-0.3, -0.25) is 0 Å². The summed E-state index contributed by atoms with van der Waals surface area (Å²) in [4.78, 5) is 12.1. The Morgan fingerprint density at radius 2 is 1.89 bits per heavy atom. The molecule has 0 bridgehead atoms. The fraction of sp³-hybridized carbons (Fsp3) is 0.222. The second-order valence-corrected chi connectivity index (χ2v) is 6.97. The van der Waals surface area contributed by atoms with E-state index < -0.39 is 12.0 Å². The molecule has 6 nitrogen and oxygen atoms in total. The van der Waals surface area contributed by atoms with Gasteiger partial charge in [0.2, 0.25) is 0 Å². The molecule has 0 aliphatic carbocycles. The van der Waals surface area contributed by atoms with Gasteiger partial charge in [-0.15, -0.1) is 16.4 Å². The van der Waals surface area contributed by atoms with E-state index in [9.17, 15) is 13.2 Å². The van der Waals surface area contributed by atoms with Crippen LogP contribution in [0.25, 0.3) is 16.3 Å². The molecule has 0 spiro atoms. The van der Waals surface area contributed by atoms with Crippen LogP contribution in [0.15, 0.2) is 41.8 Å². The van der Waals surface area contributed by atoms with Crippen LogP contribution in [0.1, 0.15) is 17.2 Å². The van der Waals surface area contributed by atoms with Crippen molar-refractivity contribution in [3.05, 3.63) is 59.0 Å². The fourth-order valence-corrected chi connectivity index (χ4v) is 3.55. The predicted octanol–water partition coefficient (Wildman–Crippen LogP) is 4.23. The molecule has 0 atom stereocenters. The smallest absolute Gasteiger partial charge is 0.369 e. The second kappa shape index (κ2) is 7.19. The monoisotopic (exact) mass is 404 g/mol. The summed E-state index contributed by atoms with van der Waals surface area (Å²) < 4.78 is 39.7. The molecular formula is C18H15F3N6S. The molecule has 0 aliphatic heterocycles. The average molecular weight is 404 g/mol. The Balaban J connectivity index is 1.49. The number of nitrogens with one attached hydrogen (secondary N) is 1. The van der Waals surface area contributed by atoms with E-state index in [0.717, 1.165) is 20.8 Å². The number of halogens is 3. The van der Waals surface area contributed by atoms with Crippen molar-refractivity contribution >= 4 is 22.9 Å². The highest BCUT2D eigenvalue weighted by atomic mass is 32.1. The Bertz CT molecular complexity index is 1100. The highest BCUT2D eigenvalue weighted by Crippen LogP contribution is 2.27. The van der Waals surface area contributed by atoms with E-state index in [1.165, 1.54) is 0 Å². The van der Waals surface area contributed by atoms with Gasteiger partial charge in [0.25, 0.3) is 11.6 Å². The Hall–Kier alpha value is -3.01.